The Morgan fingerprint density at radius 2 is 1.50 bits per heavy atom. The zero-order valence-electron chi connectivity index (χ0n) is 10.1. The number of hydrogen-bond acceptors (Lipinski definition) is 4. The largest absolute Gasteiger partial charge is 0.229 e. The Kier molecular flexibility index (Phi) is 4.26. The van der Waals surface area contributed by atoms with Crippen molar-refractivity contribution in [2.45, 2.75) is 36.3 Å². The van der Waals surface area contributed by atoms with Crippen molar-refractivity contribution < 1.29 is 16.8 Å². The molecule has 2 rings (SSSR count). The fraction of sp³-hybridized carbons (Fsp3) is 1.00. The Hall–Kier alpha value is 0.150. The van der Waals surface area contributed by atoms with Crippen molar-refractivity contribution in [3.8, 4) is 0 Å². The monoisotopic (exact) mass is 315 g/mol. The second-order valence-electron chi connectivity index (χ2n) is 4.97. The lowest BCUT2D eigenvalue weighted by Crippen LogP contribution is -2.46. The van der Waals surface area contributed by atoms with Gasteiger partial charge in [0.05, 0.1) is 16.8 Å². The van der Waals surface area contributed by atoms with Gasteiger partial charge < -0.3 is 0 Å². The minimum atomic E-state index is -3.35. The van der Waals surface area contributed by atoms with E-state index in [-0.39, 0.29) is 29.7 Å². The summed E-state index contributed by atoms with van der Waals surface area (Å²) in [7, 11) is -6.37. The molecule has 0 unspecified atom stereocenters. The first kappa shape index (κ1) is 14.6. The molecule has 0 radical (unpaired) electrons. The predicted molar refractivity (Wildman–Crippen MR) is 71.0 cm³/mol. The normalized spacial score (nSPS) is 28.3. The summed E-state index contributed by atoms with van der Waals surface area (Å²) in [6, 6.07) is 0. The summed E-state index contributed by atoms with van der Waals surface area (Å²) < 4.78 is 48.8. The van der Waals surface area contributed by atoms with E-state index in [2.05, 4.69) is 0 Å². The fourth-order valence-corrected chi connectivity index (χ4v) is 6.41. The summed E-state index contributed by atoms with van der Waals surface area (Å²) in [6.07, 6.45) is 1.80. The van der Waals surface area contributed by atoms with E-state index in [1.54, 1.807) is 0 Å². The van der Waals surface area contributed by atoms with Crippen molar-refractivity contribution in [1.82, 2.24) is 4.31 Å². The van der Waals surface area contributed by atoms with E-state index < -0.39 is 25.1 Å². The predicted octanol–water partition coefficient (Wildman–Crippen LogP) is 0.597. The molecule has 0 saturated carbocycles. The Morgan fingerprint density at radius 1 is 1.00 bits per heavy atom. The molecular weight excluding hydrogens is 298 g/mol. The van der Waals surface area contributed by atoms with E-state index in [0.717, 1.165) is 0 Å². The van der Waals surface area contributed by atoms with Crippen molar-refractivity contribution in [3.63, 3.8) is 0 Å². The molecule has 0 amide bonds. The lowest BCUT2D eigenvalue weighted by Gasteiger charge is -2.33. The van der Waals surface area contributed by atoms with Crippen molar-refractivity contribution in [3.05, 3.63) is 0 Å². The molecule has 2 fully saturated rings. The van der Waals surface area contributed by atoms with Crippen LogP contribution in [-0.4, -0.2) is 56.4 Å². The molecular formula is C10H18ClNO4S2. The van der Waals surface area contributed by atoms with Crippen LogP contribution >= 0.6 is 11.6 Å². The zero-order chi connectivity index (χ0) is 13.4. The molecule has 0 N–H and O–H groups in total. The Bertz CT molecular complexity index is 480. The van der Waals surface area contributed by atoms with Crippen molar-refractivity contribution in [1.29, 1.82) is 0 Å². The summed E-state index contributed by atoms with van der Waals surface area (Å²) >= 11 is 5.95. The summed E-state index contributed by atoms with van der Waals surface area (Å²) in [5.74, 6) is -0.0221. The molecule has 0 aromatic heterocycles. The Balaban J connectivity index is 2.03. The van der Waals surface area contributed by atoms with Crippen LogP contribution in [0.5, 0.6) is 0 Å². The zero-order valence-corrected chi connectivity index (χ0v) is 12.5. The number of piperidine rings is 1. The highest BCUT2D eigenvalue weighted by atomic mass is 35.5. The topological polar surface area (TPSA) is 71.5 Å². The first-order valence-corrected chi connectivity index (χ1v) is 9.91. The molecule has 0 atom stereocenters. The lowest BCUT2D eigenvalue weighted by atomic mass is 10.2. The maximum absolute atomic E-state index is 12.3. The number of sulfonamides is 1. The van der Waals surface area contributed by atoms with Crippen LogP contribution in [0.3, 0.4) is 0 Å². The van der Waals surface area contributed by atoms with Gasteiger partial charge in [-0.25, -0.2) is 21.1 Å². The van der Waals surface area contributed by atoms with E-state index in [0.29, 0.717) is 25.9 Å². The highest BCUT2D eigenvalue weighted by Gasteiger charge is 2.37. The smallest absolute Gasteiger partial charge is 0.217 e. The van der Waals surface area contributed by atoms with Crippen molar-refractivity contribution in [2.75, 3.05) is 24.6 Å². The van der Waals surface area contributed by atoms with Gasteiger partial charge in [0.2, 0.25) is 10.0 Å². The molecule has 18 heavy (non-hydrogen) atoms. The number of rotatable bonds is 2. The summed E-state index contributed by atoms with van der Waals surface area (Å²) in [5.41, 5.74) is 0. The van der Waals surface area contributed by atoms with Crippen LogP contribution in [0.25, 0.3) is 0 Å². The van der Waals surface area contributed by atoms with E-state index in [1.807, 2.05) is 0 Å². The highest BCUT2D eigenvalue weighted by Crippen LogP contribution is 2.26. The molecule has 2 heterocycles. The molecule has 2 aliphatic heterocycles. The SMILES string of the molecule is O=S1(=O)CCC(S(=O)(=O)N2CCC(Cl)CC2)CC1. The quantitative estimate of drug-likeness (QED) is 0.699. The molecule has 2 aliphatic rings. The maximum atomic E-state index is 12.3. The maximum Gasteiger partial charge on any atom is 0.217 e. The van der Waals surface area contributed by atoms with Gasteiger partial charge in [0, 0.05) is 18.5 Å². The van der Waals surface area contributed by atoms with Gasteiger partial charge in [0.15, 0.2) is 0 Å². The number of halogens is 1. The summed E-state index contributed by atoms with van der Waals surface area (Å²) in [4.78, 5) is 0. The highest BCUT2D eigenvalue weighted by molar-refractivity contribution is 7.92. The second kappa shape index (κ2) is 5.26. The van der Waals surface area contributed by atoms with E-state index in [9.17, 15) is 16.8 Å². The third-order valence-corrected chi connectivity index (χ3v) is 8.22. The van der Waals surface area contributed by atoms with E-state index >= 15 is 0 Å². The molecule has 0 spiro atoms. The van der Waals surface area contributed by atoms with Crippen LogP contribution in [0.2, 0.25) is 0 Å². The van der Waals surface area contributed by atoms with Crippen LogP contribution in [0.1, 0.15) is 25.7 Å². The van der Waals surface area contributed by atoms with Gasteiger partial charge in [-0.15, -0.1) is 11.6 Å². The Morgan fingerprint density at radius 3 is 2.00 bits per heavy atom. The second-order valence-corrected chi connectivity index (χ2v) is 10.1. The third kappa shape index (κ3) is 3.18. The minimum Gasteiger partial charge on any atom is -0.229 e. The van der Waals surface area contributed by atoms with Gasteiger partial charge >= 0.3 is 0 Å². The number of nitrogens with zero attached hydrogens (tertiary/aromatic N) is 1. The average molecular weight is 316 g/mol. The molecule has 8 heteroatoms. The molecule has 0 aliphatic carbocycles. The summed E-state index contributed by atoms with van der Waals surface area (Å²) in [5, 5.41) is -0.476. The standard InChI is InChI=1S/C10H18ClNO4S2/c11-9-1-5-12(6-2-9)18(15,16)10-3-7-17(13,14)8-4-10/h9-10H,1-8H2. The first-order chi connectivity index (χ1) is 8.31. The van der Waals surface area contributed by atoms with Gasteiger partial charge in [0.1, 0.15) is 9.84 Å². The fourth-order valence-electron chi connectivity index (χ4n) is 2.46. The van der Waals surface area contributed by atoms with Crippen LogP contribution in [0.4, 0.5) is 0 Å². The molecule has 0 aromatic rings. The minimum absolute atomic E-state index is 0.0110. The molecule has 0 bridgehead atoms. The lowest BCUT2D eigenvalue weighted by molar-refractivity contribution is 0.343. The van der Waals surface area contributed by atoms with Gasteiger partial charge in [-0.05, 0) is 25.7 Å². The molecule has 106 valence electrons. The number of alkyl halides is 1. The molecule has 2 saturated heterocycles. The Labute approximate surface area is 113 Å². The average Bonchev–Trinajstić information content (AvgIpc) is 2.29. The molecule has 0 aromatic carbocycles. The van der Waals surface area contributed by atoms with Crippen LogP contribution < -0.4 is 0 Å². The van der Waals surface area contributed by atoms with E-state index in [4.69, 9.17) is 11.6 Å². The van der Waals surface area contributed by atoms with Gasteiger partial charge in [-0.1, -0.05) is 0 Å². The summed E-state index contributed by atoms with van der Waals surface area (Å²) in [6.45, 7) is 0.916. The number of hydrogen-bond donors (Lipinski definition) is 0. The first-order valence-electron chi connectivity index (χ1n) is 6.15. The van der Waals surface area contributed by atoms with Gasteiger partial charge in [-0.2, -0.15) is 0 Å². The van der Waals surface area contributed by atoms with Crippen molar-refractivity contribution in [2.24, 2.45) is 0 Å². The van der Waals surface area contributed by atoms with E-state index in [1.165, 1.54) is 4.31 Å². The van der Waals surface area contributed by atoms with Crippen molar-refractivity contribution >= 4 is 31.5 Å². The van der Waals surface area contributed by atoms with Gasteiger partial charge in [-0.3, -0.25) is 0 Å². The van der Waals surface area contributed by atoms with Gasteiger partial charge in [0.25, 0.3) is 0 Å². The molecule has 5 nitrogen and oxygen atoms in total. The number of sulfone groups is 1. The van der Waals surface area contributed by atoms with Crippen LogP contribution in [0.15, 0.2) is 0 Å². The van der Waals surface area contributed by atoms with Crippen LogP contribution in [0, 0.1) is 0 Å². The third-order valence-electron chi connectivity index (χ3n) is 3.67. The van der Waals surface area contributed by atoms with Crippen LogP contribution in [-0.2, 0) is 19.9 Å².